The van der Waals surface area contributed by atoms with Crippen molar-refractivity contribution < 1.29 is 9.59 Å². The van der Waals surface area contributed by atoms with Crippen molar-refractivity contribution in [3.05, 3.63) is 29.8 Å². The van der Waals surface area contributed by atoms with Gasteiger partial charge in [-0.15, -0.1) is 0 Å². The quantitative estimate of drug-likeness (QED) is 0.887. The fourth-order valence-electron chi connectivity index (χ4n) is 3.88. The van der Waals surface area contributed by atoms with Gasteiger partial charge in [0.2, 0.25) is 5.91 Å². The van der Waals surface area contributed by atoms with Crippen molar-refractivity contribution in [2.24, 2.45) is 0 Å². The zero-order chi connectivity index (χ0) is 17.6. The smallest absolute Gasteiger partial charge is 0.322 e. The van der Waals surface area contributed by atoms with Gasteiger partial charge in [-0.2, -0.15) is 0 Å². The van der Waals surface area contributed by atoms with Gasteiger partial charge in [0.15, 0.2) is 0 Å². The normalized spacial score (nSPS) is 20.8. The van der Waals surface area contributed by atoms with E-state index in [0.29, 0.717) is 6.42 Å². The molecule has 0 bridgehead atoms. The molecule has 2 saturated heterocycles. The number of carbonyl (C=O) groups is 2. The van der Waals surface area contributed by atoms with Crippen molar-refractivity contribution in [1.82, 2.24) is 9.80 Å². The number of anilines is 1. The molecular weight excluding hydrogens is 314 g/mol. The van der Waals surface area contributed by atoms with Crippen LogP contribution in [0.25, 0.3) is 0 Å². The summed E-state index contributed by atoms with van der Waals surface area (Å²) in [5, 5.41) is 3.06. The first kappa shape index (κ1) is 17.8. The highest BCUT2D eigenvalue weighted by atomic mass is 16.2. The number of urea groups is 1. The third-order valence-electron chi connectivity index (χ3n) is 5.38. The molecule has 0 aliphatic carbocycles. The third kappa shape index (κ3) is 4.53. The summed E-state index contributed by atoms with van der Waals surface area (Å²) >= 11 is 0. The summed E-state index contributed by atoms with van der Waals surface area (Å²) in [6.45, 7) is 4.57. The second-order valence-electron chi connectivity index (χ2n) is 7.10. The predicted octanol–water partition coefficient (Wildman–Crippen LogP) is 3.65. The van der Waals surface area contributed by atoms with Crippen molar-refractivity contribution >= 4 is 17.6 Å². The molecule has 25 heavy (non-hydrogen) atoms. The number of amides is 3. The molecule has 2 heterocycles. The van der Waals surface area contributed by atoms with Crippen LogP contribution in [-0.4, -0.2) is 47.4 Å². The van der Waals surface area contributed by atoms with Crippen LogP contribution in [0.15, 0.2) is 24.3 Å². The van der Waals surface area contributed by atoms with Gasteiger partial charge < -0.3 is 15.1 Å². The lowest BCUT2D eigenvalue weighted by molar-refractivity contribution is -0.127. The van der Waals surface area contributed by atoms with Crippen molar-refractivity contribution in [1.29, 1.82) is 0 Å². The summed E-state index contributed by atoms with van der Waals surface area (Å²) in [7, 11) is 0. The van der Waals surface area contributed by atoms with Gasteiger partial charge in [0.25, 0.3) is 0 Å². The number of carbonyl (C=O) groups excluding carboxylic acids is 2. The molecule has 3 amide bonds. The van der Waals surface area contributed by atoms with Gasteiger partial charge in [-0.3, -0.25) is 4.79 Å². The molecule has 0 saturated carbocycles. The average molecular weight is 343 g/mol. The maximum absolute atomic E-state index is 12.8. The lowest BCUT2D eigenvalue weighted by Gasteiger charge is -2.36. The first-order chi connectivity index (χ1) is 12.2. The lowest BCUT2D eigenvalue weighted by Crippen LogP contribution is -2.47. The van der Waals surface area contributed by atoms with Gasteiger partial charge in [-0.1, -0.05) is 19.1 Å². The van der Waals surface area contributed by atoms with E-state index in [-0.39, 0.29) is 18.0 Å². The van der Waals surface area contributed by atoms with Crippen LogP contribution in [0.1, 0.15) is 51.0 Å². The molecule has 1 aromatic carbocycles. The van der Waals surface area contributed by atoms with E-state index in [9.17, 15) is 9.59 Å². The first-order valence-corrected chi connectivity index (χ1v) is 9.61. The zero-order valence-electron chi connectivity index (χ0n) is 15.2. The molecule has 1 unspecified atom stereocenters. The SMILES string of the molecule is CCc1cccc(NC(=O)N2CCCCC2CCN2CCCC2=O)c1. The van der Waals surface area contributed by atoms with E-state index in [0.717, 1.165) is 63.8 Å². The zero-order valence-corrected chi connectivity index (χ0v) is 15.2. The molecule has 2 fully saturated rings. The molecule has 1 atom stereocenters. The molecule has 1 N–H and O–H groups in total. The van der Waals surface area contributed by atoms with E-state index in [1.807, 2.05) is 28.0 Å². The van der Waals surface area contributed by atoms with Crippen molar-refractivity contribution in [3.63, 3.8) is 0 Å². The fourth-order valence-corrected chi connectivity index (χ4v) is 3.88. The molecule has 2 aliphatic rings. The maximum Gasteiger partial charge on any atom is 0.322 e. The van der Waals surface area contributed by atoms with Crippen LogP contribution in [0, 0.1) is 0 Å². The first-order valence-electron chi connectivity index (χ1n) is 9.61. The molecule has 0 spiro atoms. The molecule has 1 aromatic rings. The average Bonchev–Trinajstić information content (AvgIpc) is 3.05. The monoisotopic (exact) mass is 343 g/mol. The van der Waals surface area contributed by atoms with E-state index in [4.69, 9.17) is 0 Å². The van der Waals surface area contributed by atoms with Crippen LogP contribution < -0.4 is 5.32 Å². The number of piperidine rings is 1. The highest BCUT2D eigenvalue weighted by molar-refractivity contribution is 5.89. The Bertz CT molecular complexity index is 617. The predicted molar refractivity (Wildman–Crippen MR) is 99.6 cm³/mol. The number of hydrogen-bond donors (Lipinski definition) is 1. The van der Waals surface area contributed by atoms with Crippen LogP contribution in [0.4, 0.5) is 10.5 Å². The summed E-state index contributed by atoms with van der Waals surface area (Å²) in [5.74, 6) is 0.267. The number of benzene rings is 1. The van der Waals surface area contributed by atoms with Gasteiger partial charge in [0.05, 0.1) is 0 Å². The number of nitrogens with zero attached hydrogens (tertiary/aromatic N) is 2. The molecule has 5 nitrogen and oxygen atoms in total. The minimum atomic E-state index is -0.00861. The second-order valence-corrected chi connectivity index (χ2v) is 7.10. The van der Waals surface area contributed by atoms with Crippen LogP contribution in [-0.2, 0) is 11.2 Å². The topological polar surface area (TPSA) is 52.7 Å². The number of likely N-dealkylation sites (tertiary alicyclic amines) is 2. The Balaban J connectivity index is 1.59. The number of nitrogens with one attached hydrogen (secondary N) is 1. The summed E-state index contributed by atoms with van der Waals surface area (Å²) in [6.07, 6.45) is 6.75. The van der Waals surface area contributed by atoms with Crippen LogP contribution in [0.2, 0.25) is 0 Å². The van der Waals surface area contributed by atoms with Gasteiger partial charge in [-0.05, 0) is 56.2 Å². The Morgan fingerprint density at radius 2 is 2.12 bits per heavy atom. The Morgan fingerprint density at radius 1 is 1.24 bits per heavy atom. The van der Waals surface area contributed by atoms with Gasteiger partial charge >= 0.3 is 6.03 Å². The lowest BCUT2D eigenvalue weighted by atomic mass is 9.99. The van der Waals surface area contributed by atoms with Crippen molar-refractivity contribution in [3.8, 4) is 0 Å². The summed E-state index contributed by atoms with van der Waals surface area (Å²) in [5.41, 5.74) is 2.09. The van der Waals surface area contributed by atoms with Crippen molar-refractivity contribution in [2.75, 3.05) is 25.0 Å². The molecule has 0 radical (unpaired) electrons. The van der Waals surface area contributed by atoms with Gasteiger partial charge in [-0.25, -0.2) is 4.79 Å². The third-order valence-corrected chi connectivity index (χ3v) is 5.38. The van der Waals surface area contributed by atoms with E-state index < -0.39 is 0 Å². The summed E-state index contributed by atoms with van der Waals surface area (Å²) in [6, 6.07) is 8.27. The Labute approximate surface area is 150 Å². The van der Waals surface area contributed by atoms with Crippen molar-refractivity contribution in [2.45, 2.75) is 57.9 Å². The molecule has 0 aromatic heterocycles. The molecule has 136 valence electrons. The minimum Gasteiger partial charge on any atom is -0.343 e. The molecule has 3 rings (SSSR count). The van der Waals surface area contributed by atoms with Gasteiger partial charge in [0, 0.05) is 37.8 Å². The number of rotatable bonds is 5. The highest BCUT2D eigenvalue weighted by Gasteiger charge is 2.28. The van der Waals surface area contributed by atoms with E-state index in [2.05, 4.69) is 18.3 Å². The minimum absolute atomic E-state index is 0.00861. The van der Waals surface area contributed by atoms with E-state index >= 15 is 0 Å². The fraction of sp³-hybridized carbons (Fsp3) is 0.600. The van der Waals surface area contributed by atoms with Gasteiger partial charge in [0.1, 0.15) is 0 Å². The van der Waals surface area contributed by atoms with Crippen LogP contribution in [0.3, 0.4) is 0 Å². The van der Waals surface area contributed by atoms with E-state index in [1.165, 1.54) is 5.56 Å². The van der Waals surface area contributed by atoms with Crippen LogP contribution in [0.5, 0.6) is 0 Å². The van der Waals surface area contributed by atoms with E-state index in [1.54, 1.807) is 0 Å². The summed E-state index contributed by atoms with van der Waals surface area (Å²) < 4.78 is 0. The molecule has 2 aliphatic heterocycles. The Hall–Kier alpha value is -2.04. The second kappa shape index (κ2) is 8.37. The maximum atomic E-state index is 12.8. The molecular formula is C20H29N3O2. The molecule has 5 heteroatoms. The standard InChI is InChI=1S/C20H29N3O2/c1-2-16-7-5-8-17(15-16)21-20(25)23-13-4-3-9-18(23)11-14-22-12-6-10-19(22)24/h5,7-8,15,18H,2-4,6,9-14H2,1H3,(H,21,25). The number of aryl methyl sites for hydroxylation is 1. The number of hydrogen-bond acceptors (Lipinski definition) is 2. The Kier molecular flexibility index (Phi) is 5.95. The Morgan fingerprint density at radius 3 is 2.88 bits per heavy atom. The highest BCUT2D eigenvalue weighted by Crippen LogP contribution is 2.23. The largest absolute Gasteiger partial charge is 0.343 e. The van der Waals surface area contributed by atoms with Crippen LogP contribution >= 0.6 is 0 Å². The summed E-state index contributed by atoms with van der Waals surface area (Å²) in [4.78, 5) is 28.5.